The molecule has 1 aromatic carbocycles. The molecule has 0 unspecified atom stereocenters. The number of benzene rings is 1. The van der Waals surface area contributed by atoms with E-state index in [4.69, 9.17) is 0 Å². The van der Waals surface area contributed by atoms with Gasteiger partial charge in [0.2, 0.25) is 5.78 Å². The monoisotopic (exact) mass is 276 g/mol. The number of rotatable bonds is 2. The van der Waals surface area contributed by atoms with Crippen molar-refractivity contribution in [2.75, 3.05) is 0 Å². The Labute approximate surface area is 113 Å². The van der Waals surface area contributed by atoms with Gasteiger partial charge in [0.1, 0.15) is 11.4 Å². The molecule has 0 aliphatic carbocycles. The molecule has 0 spiro atoms. The van der Waals surface area contributed by atoms with Gasteiger partial charge in [-0.2, -0.15) is 0 Å². The highest BCUT2D eigenvalue weighted by atomic mass is 19.1. The first-order chi connectivity index (χ1) is 9.32. The van der Waals surface area contributed by atoms with Crippen molar-refractivity contribution in [2.45, 2.75) is 6.92 Å². The second-order valence-corrected chi connectivity index (χ2v) is 4.61. The molecule has 0 bridgehead atoms. The SMILES string of the molecule is Cc1ccc(F)c(C(=O)c2cn(C)c(=O)n(C)c2=O)c1. The highest BCUT2D eigenvalue weighted by Gasteiger charge is 2.19. The number of hydrogen-bond acceptors (Lipinski definition) is 3. The van der Waals surface area contributed by atoms with Gasteiger partial charge in [-0.15, -0.1) is 0 Å². The van der Waals surface area contributed by atoms with E-state index in [9.17, 15) is 18.8 Å². The molecule has 0 atom stereocenters. The fourth-order valence-corrected chi connectivity index (χ4v) is 1.92. The number of aromatic nitrogens is 2. The van der Waals surface area contributed by atoms with Crippen LogP contribution in [-0.4, -0.2) is 14.9 Å². The number of halogens is 1. The van der Waals surface area contributed by atoms with E-state index in [1.807, 2.05) is 0 Å². The van der Waals surface area contributed by atoms with Crippen LogP contribution in [0.1, 0.15) is 21.5 Å². The van der Waals surface area contributed by atoms with Crippen LogP contribution in [0.25, 0.3) is 0 Å². The topological polar surface area (TPSA) is 61.1 Å². The number of carbonyl (C=O) groups is 1. The van der Waals surface area contributed by atoms with E-state index < -0.39 is 22.8 Å². The van der Waals surface area contributed by atoms with E-state index in [1.165, 1.54) is 32.3 Å². The molecular formula is C14H13FN2O3. The first-order valence-corrected chi connectivity index (χ1v) is 5.90. The molecule has 1 heterocycles. The highest BCUT2D eigenvalue weighted by molar-refractivity contribution is 6.08. The van der Waals surface area contributed by atoms with Gasteiger partial charge in [-0.05, 0) is 19.1 Å². The van der Waals surface area contributed by atoms with E-state index in [1.54, 1.807) is 6.92 Å². The predicted octanol–water partition coefficient (Wildman–Crippen LogP) is 0.763. The third-order valence-corrected chi connectivity index (χ3v) is 3.06. The first kappa shape index (κ1) is 13.9. The largest absolute Gasteiger partial charge is 0.330 e. The Bertz CT molecular complexity index is 818. The minimum Gasteiger partial charge on any atom is -0.303 e. The molecule has 0 N–H and O–H groups in total. The normalized spacial score (nSPS) is 10.6. The van der Waals surface area contributed by atoms with Gasteiger partial charge in [0.25, 0.3) is 5.56 Å². The molecule has 1 aromatic heterocycles. The lowest BCUT2D eigenvalue weighted by Gasteiger charge is -2.07. The maximum Gasteiger partial charge on any atom is 0.330 e. The molecule has 20 heavy (non-hydrogen) atoms. The van der Waals surface area contributed by atoms with Gasteiger partial charge in [0.05, 0.1) is 5.56 Å². The van der Waals surface area contributed by atoms with Crippen molar-refractivity contribution in [1.29, 1.82) is 0 Å². The number of nitrogens with zero attached hydrogens (tertiary/aromatic N) is 2. The van der Waals surface area contributed by atoms with Crippen LogP contribution < -0.4 is 11.2 Å². The highest BCUT2D eigenvalue weighted by Crippen LogP contribution is 2.13. The molecule has 0 saturated carbocycles. The Morgan fingerprint density at radius 3 is 2.45 bits per heavy atom. The van der Waals surface area contributed by atoms with Crippen molar-refractivity contribution in [2.24, 2.45) is 14.1 Å². The standard InChI is InChI=1S/C14H13FN2O3/c1-8-4-5-11(15)9(6-8)12(18)10-7-16(2)14(20)17(3)13(10)19/h4-7H,1-3H3. The Kier molecular flexibility index (Phi) is 3.40. The van der Waals surface area contributed by atoms with Crippen molar-refractivity contribution < 1.29 is 9.18 Å². The molecule has 0 aliphatic rings. The average molecular weight is 276 g/mol. The maximum absolute atomic E-state index is 13.7. The smallest absolute Gasteiger partial charge is 0.303 e. The van der Waals surface area contributed by atoms with Crippen molar-refractivity contribution in [3.8, 4) is 0 Å². The van der Waals surface area contributed by atoms with Gasteiger partial charge in [-0.1, -0.05) is 11.6 Å². The van der Waals surface area contributed by atoms with Gasteiger partial charge in [-0.25, -0.2) is 9.18 Å². The van der Waals surface area contributed by atoms with E-state index >= 15 is 0 Å². The minimum atomic E-state index is -0.737. The van der Waals surface area contributed by atoms with Crippen molar-refractivity contribution in [3.05, 3.63) is 67.7 Å². The summed E-state index contributed by atoms with van der Waals surface area (Å²) in [4.78, 5) is 35.8. The summed E-state index contributed by atoms with van der Waals surface area (Å²) >= 11 is 0. The zero-order valence-corrected chi connectivity index (χ0v) is 11.3. The molecule has 0 amide bonds. The summed E-state index contributed by atoms with van der Waals surface area (Å²) in [5.41, 5.74) is -0.994. The van der Waals surface area contributed by atoms with Crippen LogP contribution >= 0.6 is 0 Å². The van der Waals surface area contributed by atoms with Gasteiger partial charge >= 0.3 is 5.69 Å². The molecule has 2 aromatic rings. The zero-order valence-electron chi connectivity index (χ0n) is 11.3. The van der Waals surface area contributed by atoms with Crippen LogP contribution in [0.3, 0.4) is 0 Å². The van der Waals surface area contributed by atoms with Gasteiger partial charge in [-0.3, -0.25) is 14.2 Å². The third kappa shape index (κ3) is 2.20. The number of aryl methyl sites for hydroxylation is 2. The molecule has 5 nitrogen and oxygen atoms in total. The third-order valence-electron chi connectivity index (χ3n) is 3.06. The number of carbonyl (C=O) groups excluding carboxylic acids is 1. The Balaban J connectivity index is 2.69. The van der Waals surface area contributed by atoms with Gasteiger partial charge < -0.3 is 4.57 Å². The van der Waals surface area contributed by atoms with Gasteiger partial charge in [0, 0.05) is 20.3 Å². The lowest BCUT2D eigenvalue weighted by Crippen LogP contribution is -2.39. The molecule has 0 saturated heterocycles. The number of hydrogen-bond donors (Lipinski definition) is 0. The Morgan fingerprint density at radius 1 is 1.15 bits per heavy atom. The van der Waals surface area contributed by atoms with Crippen LogP contribution in [0.15, 0.2) is 34.0 Å². The predicted molar refractivity (Wildman–Crippen MR) is 71.5 cm³/mol. The summed E-state index contributed by atoms with van der Waals surface area (Å²) in [6.07, 6.45) is 1.13. The van der Waals surface area contributed by atoms with Crippen LogP contribution in [0.2, 0.25) is 0 Å². The molecule has 104 valence electrons. The fraction of sp³-hybridized carbons (Fsp3) is 0.214. The Hall–Kier alpha value is -2.50. The van der Waals surface area contributed by atoms with Crippen molar-refractivity contribution >= 4 is 5.78 Å². The van der Waals surface area contributed by atoms with Crippen LogP contribution in [0.5, 0.6) is 0 Å². The van der Waals surface area contributed by atoms with E-state index in [-0.39, 0.29) is 11.1 Å². The minimum absolute atomic E-state index is 0.180. The quantitative estimate of drug-likeness (QED) is 0.761. The fourth-order valence-electron chi connectivity index (χ4n) is 1.92. The average Bonchev–Trinajstić information content (AvgIpc) is 2.42. The lowest BCUT2D eigenvalue weighted by atomic mass is 10.0. The summed E-state index contributed by atoms with van der Waals surface area (Å²) in [6, 6.07) is 4.09. The molecule has 0 aliphatic heterocycles. The van der Waals surface area contributed by atoms with E-state index in [2.05, 4.69) is 0 Å². The second-order valence-electron chi connectivity index (χ2n) is 4.61. The molecule has 0 fully saturated rings. The summed E-state index contributed by atoms with van der Waals surface area (Å²) in [7, 11) is 2.69. The summed E-state index contributed by atoms with van der Waals surface area (Å²) in [6.45, 7) is 1.72. The zero-order chi connectivity index (χ0) is 15.0. The summed E-state index contributed by atoms with van der Waals surface area (Å²) in [5, 5.41) is 0. The maximum atomic E-state index is 13.7. The van der Waals surface area contributed by atoms with E-state index in [0.717, 1.165) is 15.3 Å². The summed E-state index contributed by atoms with van der Waals surface area (Å²) in [5.74, 6) is -1.43. The van der Waals surface area contributed by atoms with Crippen molar-refractivity contribution in [1.82, 2.24) is 9.13 Å². The summed E-state index contributed by atoms with van der Waals surface area (Å²) < 4.78 is 15.7. The molecule has 2 rings (SSSR count). The number of ketones is 1. The van der Waals surface area contributed by atoms with Crippen molar-refractivity contribution in [3.63, 3.8) is 0 Å². The molecule has 6 heteroatoms. The molecular weight excluding hydrogens is 263 g/mol. The molecule has 0 radical (unpaired) electrons. The van der Waals surface area contributed by atoms with Crippen LogP contribution in [0.4, 0.5) is 4.39 Å². The lowest BCUT2D eigenvalue weighted by molar-refractivity contribution is 0.103. The first-order valence-electron chi connectivity index (χ1n) is 5.90. The second kappa shape index (κ2) is 4.88. The van der Waals surface area contributed by atoms with Gasteiger partial charge in [0.15, 0.2) is 0 Å². The Morgan fingerprint density at radius 2 is 1.80 bits per heavy atom. The van der Waals surface area contributed by atoms with Crippen LogP contribution in [-0.2, 0) is 14.1 Å². The van der Waals surface area contributed by atoms with E-state index in [0.29, 0.717) is 5.56 Å². The van der Waals surface area contributed by atoms with Crippen LogP contribution in [0, 0.1) is 12.7 Å².